The van der Waals surface area contributed by atoms with Crippen LogP contribution >= 0.6 is 34.5 Å². The minimum atomic E-state index is -0.636. The lowest BCUT2D eigenvalue weighted by atomic mass is 10.1. The van der Waals surface area contributed by atoms with Crippen LogP contribution in [0.3, 0.4) is 0 Å². The summed E-state index contributed by atoms with van der Waals surface area (Å²) in [6.07, 6.45) is 0.202. The molecular weight excluding hydrogens is 389 g/mol. The van der Waals surface area contributed by atoms with Crippen LogP contribution in [0.2, 0.25) is 10.0 Å². The van der Waals surface area contributed by atoms with Crippen LogP contribution in [0.1, 0.15) is 11.4 Å². The molecule has 0 aliphatic heterocycles. The zero-order valence-electron chi connectivity index (χ0n) is 12.4. The Labute approximate surface area is 154 Å². The molecule has 4 aromatic rings. The number of halogens is 4. The molecule has 0 bridgehead atoms. The molecule has 0 fully saturated rings. The van der Waals surface area contributed by atoms with Gasteiger partial charge in [-0.15, -0.1) is 10.2 Å². The number of aromatic nitrogens is 4. The summed E-state index contributed by atoms with van der Waals surface area (Å²) in [7, 11) is 0. The highest BCUT2D eigenvalue weighted by molar-refractivity contribution is 7.19. The second-order valence-corrected chi connectivity index (χ2v) is 7.10. The van der Waals surface area contributed by atoms with Crippen molar-refractivity contribution in [2.45, 2.75) is 6.42 Å². The molecule has 9 heteroatoms. The molecule has 25 heavy (non-hydrogen) atoms. The number of rotatable bonds is 3. The van der Waals surface area contributed by atoms with E-state index in [1.54, 1.807) is 22.7 Å². The second-order valence-electron chi connectivity index (χ2n) is 5.30. The topological polar surface area (TPSA) is 43.1 Å². The molecule has 4 nitrogen and oxygen atoms in total. The smallest absolute Gasteiger partial charge is 0.207 e. The first kappa shape index (κ1) is 16.4. The second kappa shape index (κ2) is 6.33. The molecule has 126 valence electrons. The van der Waals surface area contributed by atoms with Crippen LogP contribution in [0.5, 0.6) is 0 Å². The van der Waals surface area contributed by atoms with Crippen molar-refractivity contribution < 1.29 is 8.78 Å². The fourth-order valence-corrected chi connectivity index (χ4v) is 3.89. The maximum absolute atomic E-state index is 13.4. The first-order valence-corrected chi connectivity index (χ1v) is 8.68. The Kier molecular flexibility index (Phi) is 4.15. The summed E-state index contributed by atoms with van der Waals surface area (Å²) in [5.74, 6) is -0.794. The van der Waals surface area contributed by atoms with E-state index < -0.39 is 11.6 Å². The van der Waals surface area contributed by atoms with Gasteiger partial charge in [-0.05, 0) is 35.9 Å². The van der Waals surface area contributed by atoms with Crippen molar-refractivity contribution in [2.75, 3.05) is 0 Å². The van der Waals surface area contributed by atoms with Crippen LogP contribution in [-0.2, 0) is 6.42 Å². The molecule has 0 unspecified atom stereocenters. The SMILES string of the molecule is Fc1cc(F)cc(Cc2nnc3sc(-c4ccc(Cl)cc4Cl)nn23)c1. The first-order chi connectivity index (χ1) is 12.0. The predicted molar refractivity (Wildman–Crippen MR) is 93.3 cm³/mol. The van der Waals surface area contributed by atoms with Crippen molar-refractivity contribution in [3.05, 3.63) is 69.5 Å². The fourth-order valence-electron chi connectivity index (χ4n) is 2.44. The van der Waals surface area contributed by atoms with Crippen LogP contribution in [0.15, 0.2) is 36.4 Å². The Morgan fingerprint density at radius 1 is 1.00 bits per heavy atom. The Morgan fingerprint density at radius 2 is 1.76 bits per heavy atom. The van der Waals surface area contributed by atoms with Gasteiger partial charge in [-0.2, -0.15) is 9.61 Å². The summed E-state index contributed by atoms with van der Waals surface area (Å²) in [5.41, 5.74) is 1.18. The van der Waals surface area contributed by atoms with Crippen LogP contribution in [0.4, 0.5) is 8.78 Å². The predicted octanol–water partition coefficient (Wildman–Crippen LogP) is 5.03. The van der Waals surface area contributed by atoms with E-state index in [0.717, 1.165) is 11.6 Å². The summed E-state index contributed by atoms with van der Waals surface area (Å²) >= 11 is 13.4. The van der Waals surface area contributed by atoms with E-state index in [4.69, 9.17) is 23.2 Å². The van der Waals surface area contributed by atoms with Crippen molar-refractivity contribution >= 4 is 39.5 Å². The molecule has 0 spiro atoms. The molecular formula is C16H8Cl2F2N4S. The van der Waals surface area contributed by atoms with Gasteiger partial charge in [-0.3, -0.25) is 0 Å². The molecule has 0 aliphatic carbocycles. The standard InChI is InChI=1S/C16H8Cl2F2N4S/c17-9-1-2-12(13(18)6-9)15-23-24-14(21-22-16(24)25-15)5-8-3-10(19)7-11(20)4-8/h1-4,6-7H,5H2. The molecule has 0 saturated carbocycles. The third kappa shape index (κ3) is 3.22. The third-order valence-corrected chi connectivity index (χ3v) is 4.98. The molecule has 0 amide bonds. The minimum absolute atomic E-state index is 0.202. The van der Waals surface area contributed by atoms with Crippen LogP contribution in [0.25, 0.3) is 15.5 Å². The van der Waals surface area contributed by atoms with E-state index in [-0.39, 0.29) is 6.42 Å². The number of hydrogen-bond donors (Lipinski definition) is 0. The summed E-state index contributed by atoms with van der Waals surface area (Å²) in [5, 5.41) is 14.2. The van der Waals surface area contributed by atoms with E-state index in [9.17, 15) is 8.78 Å². The lowest BCUT2D eigenvalue weighted by molar-refractivity contribution is 0.580. The van der Waals surface area contributed by atoms with Gasteiger partial charge in [0.2, 0.25) is 4.96 Å². The molecule has 2 aromatic heterocycles. The van der Waals surface area contributed by atoms with Crippen molar-refractivity contribution in [3.63, 3.8) is 0 Å². The van der Waals surface area contributed by atoms with Crippen molar-refractivity contribution in [1.29, 1.82) is 0 Å². The van der Waals surface area contributed by atoms with E-state index in [0.29, 0.717) is 31.4 Å². The molecule has 0 saturated heterocycles. The lowest BCUT2D eigenvalue weighted by Gasteiger charge is -2.01. The Morgan fingerprint density at radius 3 is 2.48 bits per heavy atom. The molecule has 4 rings (SSSR count). The summed E-state index contributed by atoms with van der Waals surface area (Å²) in [4.78, 5) is 0.563. The normalized spacial score (nSPS) is 11.4. The number of hydrogen-bond acceptors (Lipinski definition) is 4. The molecule has 2 aromatic carbocycles. The van der Waals surface area contributed by atoms with Gasteiger partial charge in [0.1, 0.15) is 16.6 Å². The van der Waals surface area contributed by atoms with Gasteiger partial charge in [0, 0.05) is 23.1 Å². The Hall–Kier alpha value is -2.09. The quantitative estimate of drug-likeness (QED) is 0.487. The fraction of sp³-hybridized carbons (Fsp3) is 0.0625. The highest BCUT2D eigenvalue weighted by Crippen LogP contribution is 2.33. The zero-order chi connectivity index (χ0) is 17.6. The van der Waals surface area contributed by atoms with Crippen molar-refractivity contribution in [3.8, 4) is 10.6 Å². The van der Waals surface area contributed by atoms with E-state index in [2.05, 4.69) is 15.3 Å². The number of benzene rings is 2. The van der Waals surface area contributed by atoms with Gasteiger partial charge in [-0.25, -0.2) is 8.78 Å². The van der Waals surface area contributed by atoms with E-state index >= 15 is 0 Å². The molecule has 0 N–H and O–H groups in total. The number of nitrogens with zero attached hydrogens (tertiary/aromatic N) is 4. The monoisotopic (exact) mass is 396 g/mol. The zero-order valence-corrected chi connectivity index (χ0v) is 14.7. The molecule has 2 heterocycles. The molecule has 0 atom stereocenters. The summed E-state index contributed by atoms with van der Waals surface area (Å²) in [6, 6.07) is 8.48. The lowest BCUT2D eigenvalue weighted by Crippen LogP contribution is -1.99. The van der Waals surface area contributed by atoms with Crippen LogP contribution < -0.4 is 0 Å². The van der Waals surface area contributed by atoms with Gasteiger partial charge in [0.15, 0.2) is 5.82 Å². The number of fused-ring (bicyclic) bond motifs is 1. The van der Waals surface area contributed by atoms with Crippen molar-refractivity contribution in [2.24, 2.45) is 0 Å². The van der Waals surface area contributed by atoms with Crippen LogP contribution in [0, 0.1) is 11.6 Å². The molecule has 0 aliphatic rings. The van der Waals surface area contributed by atoms with Gasteiger partial charge in [-0.1, -0.05) is 34.5 Å². The minimum Gasteiger partial charge on any atom is -0.207 e. The van der Waals surface area contributed by atoms with E-state index in [1.165, 1.54) is 23.5 Å². The summed E-state index contributed by atoms with van der Waals surface area (Å²) < 4.78 is 28.3. The molecule has 0 radical (unpaired) electrons. The third-order valence-electron chi connectivity index (χ3n) is 3.50. The van der Waals surface area contributed by atoms with Crippen molar-refractivity contribution in [1.82, 2.24) is 19.8 Å². The van der Waals surface area contributed by atoms with Gasteiger partial charge in [0.25, 0.3) is 0 Å². The average molecular weight is 397 g/mol. The first-order valence-electron chi connectivity index (χ1n) is 7.11. The average Bonchev–Trinajstić information content (AvgIpc) is 3.08. The van der Waals surface area contributed by atoms with Gasteiger partial charge < -0.3 is 0 Å². The maximum atomic E-state index is 13.4. The van der Waals surface area contributed by atoms with Gasteiger partial charge >= 0.3 is 0 Å². The Bertz CT molecular complexity index is 1070. The largest absolute Gasteiger partial charge is 0.234 e. The maximum Gasteiger partial charge on any atom is 0.234 e. The van der Waals surface area contributed by atoms with E-state index in [1.807, 2.05) is 0 Å². The highest BCUT2D eigenvalue weighted by atomic mass is 35.5. The Balaban J connectivity index is 1.73. The summed E-state index contributed by atoms with van der Waals surface area (Å²) in [6.45, 7) is 0. The van der Waals surface area contributed by atoms with Gasteiger partial charge in [0.05, 0.1) is 5.02 Å². The van der Waals surface area contributed by atoms with Crippen LogP contribution in [-0.4, -0.2) is 19.8 Å². The highest BCUT2D eigenvalue weighted by Gasteiger charge is 2.16.